The second-order valence-corrected chi connectivity index (χ2v) is 7.72. The van der Waals surface area contributed by atoms with Gasteiger partial charge in [-0.2, -0.15) is 16.4 Å². The van der Waals surface area contributed by atoms with Crippen molar-refractivity contribution in [1.29, 1.82) is 0 Å². The van der Waals surface area contributed by atoms with E-state index in [1.165, 1.54) is 62.9 Å². The molecule has 1 aromatic heterocycles. The Hall–Kier alpha value is -0.850. The molecule has 2 heterocycles. The van der Waals surface area contributed by atoms with Gasteiger partial charge in [0.05, 0.1) is 6.04 Å². The average Bonchev–Trinajstić information content (AvgIpc) is 3.31. The van der Waals surface area contributed by atoms with Gasteiger partial charge in [0.15, 0.2) is 0 Å². The van der Waals surface area contributed by atoms with Crippen LogP contribution in [0.25, 0.3) is 0 Å². The summed E-state index contributed by atoms with van der Waals surface area (Å²) < 4.78 is 0. The Morgan fingerprint density at radius 3 is 2.50 bits per heavy atom. The summed E-state index contributed by atoms with van der Waals surface area (Å²) >= 11 is 5.38. The Kier molecular flexibility index (Phi) is 13.6. The molecular formula is C20H35N3OS2. The molecule has 0 fully saturated rings. The van der Waals surface area contributed by atoms with Gasteiger partial charge in [-0.25, -0.2) is 5.01 Å². The maximum atomic E-state index is 11.0. The molecule has 2 rings (SSSR count). The maximum Gasteiger partial charge on any atom is 0.299 e. The van der Waals surface area contributed by atoms with E-state index in [1.54, 1.807) is 17.6 Å². The zero-order valence-electron chi connectivity index (χ0n) is 16.3. The fraction of sp³-hybridized carbons (Fsp3) is 0.700. The van der Waals surface area contributed by atoms with Crippen molar-refractivity contribution in [1.82, 2.24) is 10.3 Å². The fourth-order valence-electron chi connectivity index (χ4n) is 2.90. The first-order chi connectivity index (χ1) is 12.7. The Morgan fingerprint density at radius 1 is 1.23 bits per heavy atom. The number of hydrogen-bond donors (Lipinski definition) is 2. The molecule has 0 aromatic carbocycles. The summed E-state index contributed by atoms with van der Waals surface area (Å²) in [5.41, 5.74) is 1.13. The first-order valence-electron chi connectivity index (χ1n) is 9.98. The van der Waals surface area contributed by atoms with Crippen LogP contribution in [0.15, 0.2) is 21.9 Å². The van der Waals surface area contributed by atoms with Crippen molar-refractivity contribution >= 4 is 35.4 Å². The van der Waals surface area contributed by atoms with Gasteiger partial charge in [0.2, 0.25) is 0 Å². The minimum Gasteiger partial charge on any atom is -0.317 e. The van der Waals surface area contributed by atoms with Crippen molar-refractivity contribution in [3.8, 4) is 0 Å². The summed E-state index contributed by atoms with van der Waals surface area (Å²) in [5, 5.41) is 12.5. The van der Waals surface area contributed by atoms with E-state index in [9.17, 15) is 4.79 Å². The number of nitrogens with one attached hydrogen (secondary N) is 1. The second-order valence-electron chi connectivity index (χ2n) is 6.56. The summed E-state index contributed by atoms with van der Waals surface area (Å²) in [6.45, 7) is 6.78. The minimum atomic E-state index is -0.301. The fourth-order valence-corrected chi connectivity index (χ4v) is 3.80. The molecule has 1 aliphatic rings. The van der Waals surface area contributed by atoms with Gasteiger partial charge in [0.1, 0.15) is 0 Å². The highest BCUT2D eigenvalue weighted by molar-refractivity contribution is 7.96. The van der Waals surface area contributed by atoms with E-state index in [4.69, 9.17) is 0 Å². The molecule has 1 aliphatic heterocycles. The van der Waals surface area contributed by atoms with Crippen molar-refractivity contribution < 1.29 is 4.79 Å². The normalized spacial score (nSPS) is 15.8. The van der Waals surface area contributed by atoms with Gasteiger partial charge in [0, 0.05) is 12.6 Å². The number of thiol groups is 1. The van der Waals surface area contributed by atoms with E-state index >= 15 is 0 Å². The molecule has 0 aliphatic carbocycles. The van der Waals surface area contributed by atoms with Crippen LogP contribution < -0.4 is 5.32 Å². The Bertz CT molecular complexity index is 481. The van der Waals surface area contributed by atoms with Crippen LogP contribution in [0.5, 0.6) is 0 Å². The molecule has 0 bridgehead atoms. The van der Waals surface area contributed by atoms with Crippen LogP contribution in [0.2, 0.25) is 0 Å². The number of thiophene rings is 1. The molecule has 0 spiro atoms. The highest BCUT2D eigenvalue weighted by Gasteiger charge is 2.26. The number of amides is 1. The predicted octanol–water partition coefficient (Wildman–Crippen LogP) is 6.27. The van der Waals surface area contributed by atoms with E-state index in [0.29, 0.717) is 0 Å². The van der Waals surface area contributed by atoms with E-state index in [1.807, 2.05) is 16.8 Å². The summed E-state index contributed by atoms with van der Waals surface area (Å²) in [4.78, 5) is 11.0. The third kappa shape index (κ3) is 9.74. The summed E-state index contributed by atoms with van der Waals surface area (Å²) in [5.74, 6) is 0. The van der Waals surface area contributed by atoms with Crippen LogP contribution in [-0.2, 0) is 0 Å². The number of hydrogen-bond acceptors (Lipinski definition) is 4. The molecular weight excluding hydrogens is 362 g/mol. The summed E-state index contributed by atoms with van der Waals surface area (Å²) in [7, 11) is 0. The number of nitrogens with zero attached hydrogens (tertiary/aromatic N) is 2. The lowest BCUT2D eigenvalue weighted by Crippen LogP contribution is -2.21. The first-order valence-corrected chi connectivity index (χ1v) is 11.4. The highest BCUT2D eigenvalue weighted by atomic mass is 32.1. The van der Waals surface area contributed by atoms with E-state index in [0.717, 1.165) is 18.5 Å². The third-order valence-corrected chi connectivity index (χ3v) is 5.32. The van der Waals surface area contributed by atoms with Gasteiger partial charge in [-0.05, 0) is 41.9 Å². The number of unbranched alkanes of at least 4 members (excludes halogenated alkanes) is 7. The van der Waals surface area contributed by atoms with Crippen LogP contribution >= 0.6 is 24.0 Å². The van der Waals surface area contributed by atoms with Gasteiger partial charge >= 0.3 is 0 Å². The topological polar surface area (TPSA) is 44.7 Å². The SMILES string of the molecule is CCCCCCCCCCNCC.O=C(S)N1N=CCC1c1ccsc1. The van der Waals surface area contributed by atoms with Crippen molar-refractivity contribution in [2.75, 3.05) is 13.1 Å². The molecule has 0 saturated heterocycles. The lowest BCUT2D eigenvalue weighted by molar-refractivity contribution is 0.212. The van der Waals surface area contributed by atoms with Crippen molar-refractivity contribution in [2.45, 2.75) is 77.7 Å². The predicted molar refractivity (Wildman–Crippen MR) is 118 cm³/mol. The largest absolute Gasteiger partial charge is 0.317 e. The molecule has 4 nitrogen and oxygen atoms in total. The Balaban J connectivity index is 0.000000260. The van der Waals surface area contributed by atoms with Gasteiger partial charge < -0.3 is 5.32 Å². The molecule has 1 unspecified atom stereocenters. The molecule has 0 saturated carbocycles. The van der Waals surface area contributed by atoms with Crippen LogP contribution in [0.3, 0.4) is 0 Å². The number of hydrazone groups is 1. The monoisotopic (exact) mass is 397 g/mol. The molecule has 1 atom stereocenters. The van der Waals surface area contributed by atoms with Gasteiger partial charge in [-0.3, -0.25) is 4.79 Å². The Morgan fingerprint density at radius 2 is 1.92 bits per heavy atom. The molecule has 1 N–H and O–H groups in total. The lowest BCUT2D eigenvalue weighted by Gasteiger charge is -2.18. The highest BCUT2D eigenvalue weighted by Crippen LogP contribution is 2.30. The van der Waals surface area contributed by atoms with Crippen molar-refractivity contribution in [2.24, 2.45) is 5.10 Å². The minimum absolute atomic E-state index is 0.0521. The average molecular weight is 398 g/mol. The van der Waals surface area contributed by atoms with E-state index in [2.05, 4.69) is 36.9 Å². The Labute approximate surface area is 168 Å². The van der Waals surface area contributed by atoms with Crippen molar-refractivity contribution in [3.63, 3.8) is 0 Å². The van der Waals surface area contributed by atoms with E-state index < -0.39 is 0 Å². The molecule has 148 valence electrons. The second kappa shape index (κ2) is 15.2. The standard InChI is InChI=1S/C12H27N.C8H8N2OS2/c1-3-5-6-7-8-9-10-11-12-13-4-2;11-8(12)10-7(1-3-9-10)6-2-4-13-5-6/h13H,3-12H2,1-2H3;2-5,7H,1H2,(H,11,12). The smallest absolute Gasteiger partial charge is 0.299 e. The molecule has 26 heavy (non-hydrogen) atoms. The zero-order valence-corrected chi connectivity index (χ0v) is 18.0. The third-order valence-electron chi connectivity index (χ3n) is 4.41. The van der Waals surface area contributed by atoms with Gasteiger partial charge in [0.25, 0.3) is 5.24 Å². The molecule has 6 heteroatoms. The van der Waals surface area contributed by atoms with Crippen LogP contribution in [0.1, 0.15) is 83.2 Å². The molecule has 1 amide bonds. The molecule has 1 aromatic rings. The number of rotatable bonds is 11. The van der Waals surface area contributed by atoms with Gasteiger partial charge in [-0.1, -0.05) is 71.4 Å². The lowest BCUT2D eigenvalue weighted by atomic mass is 10.1. The van der Waals surface area contributed by atoms with Crippen LogP contribution in [0, 0.1) is 0 Å². The maximum absolute atomic E-state index is 11.0. The molecule has 0 radical (unpaired) electrons. The quantitative estimate of drug-likeness (QED) is 0.341. The van der Waals surface area contributed by atoms with Gasteiger partial charge in [-0.15, -0.1) is 0 Å². The summed E-state index contributed by atoms with van der Waals surface area (Å²) in [6.07, 6.45) is 13.9. The van der Waals surface area contributed by atoms with Crippen molar-refractivity contribution in [3.05, 3.63) is 22.4 Å². The van der Waals surface area contributed by atoms with E-state index in [-0.39, 0.29) is 11.3 Å². The first kappa shape index (κ1) is 23.2. The summed E-state index contributed by atoms with van der Waals surface area (Å²) in [6, 6.07) is 2.06. The zero-order chi connectivity index (χ0) is 19.0. The van der Waals surface area contributed by atoms with Crippen LogP contribution in [-0.4, -0.2) is 29.6 Å². The van der Waals surface area contributed by atoms with Crippen LogP contribution in [0.4, 0.5) is 4.79 Å². The number of carbonyl (C=O) groups is 1. The number of carbonyl (C=O) groups excluding carboxylic acids is 1.